The molecule has 1 N–H and O–H groups in total. The van der Waals surface area contributed by atoms with Crippen LogP contribution in [0.15, 0.2) is 18.2 Å². The van der Waals surface area contributed by atoms with Crippen LogP contribution in [0, 0.1) is 5.82 Å². The summed E-state index contributed by atoms with van der Waals surface area (Å²) in [6.07, 6.45) is 2.50. The molecule has 1 saturated heterocycles. The standard InChI is InChI=1S/C14H20ClFN2/c1-10(11-5-6-14(16)13(15)8-11)18(2)9-12-4-3-7-17-12/h5-6,8,10,12,17H,3-4,7,9H2,1-2H3. The number of nitrogens with one attached hydrogen (secondary N) is 1. The Bertz CT molecular complexity index is 405. The lowest BCUT2D eigenvalue weighted by molar-refractivity contribution is 0.238. The zero-order chi connectivity index (χ0) is 13.1. The van der Waals surface area contributed by atoms with E-state index in [0.717, 1.165) is 18.7 Å². The van der Waals surface area contributed by atoms with Crippen molar-refractivity contribution in [2.75, 3.05) is 20.1 Å². The van der Waals surface area contributed by atoms with Gasteiger partial charge < -0.3 is 5.32 Å². The van der Waals surface area contributed by atoms with Crippen molar-refractivity contribution >= 4 is 11.6 Å². The highest BCUT2D eigenvalue weighted by Gasteiger charge is 2.19. The topological polar surface area (TPSA) is 15.3 Å². The van der Waals surface area contributed by atoms with Gasteiger partial charge in [-0.15, -0.1) is 0 Å². The molecular weight excluding hydrogens is 251 g/mol. The first-order valence-electron chi connectivity index (χ1n) is 6.46. The van der Waals surface area contributed by atoms with Crippen LogP contribution in [0.25, 0.3) is 0 Å². The lowest BCUT2D eigenvalue weighted by Gasteiger charge is -2.28. The Kier molecular flexibility index (Phi) is 4.60. The molecule has 1 aromatic carbocycles. The zero-order valence-corrected chi connectivity index (χ0v) is 11.7. The van der Waals surface area contributed by atoms with E-state index in [0.29, 0.717) is 6.04 Å². The molecular formula is C14H20ClFN2. The van der Waals surface area contributed by atoms with Gasteiger partial charge in [0.1, 0.15) is 5.82 Å². The third-order valence-electron chi connectivity index (χ3n) is 3.76. The van der Waals surface area contributed by atoms with Crippen molar-refractivity contribution in [3.63, 3.8) is 0 Å². The monoisotopic (exact) mass is 270 g/mol. The fraction of sp³-hybridized carbons (Fsp3) is 0.571. The van der Waals surface area contributed by atoms with Gasteiger partial charge in [-0.2, -0.15) is 0 Å². The molecule has 2 atom stereocenters. The Morgan fingerprint density at radius 2 is 2.33 bits per heavy atom. The number of benzene rings is 1. The smallest absolute Gasteiger partial charge is 0.141 e. The largest absolute Gasteiger partial charge is 0.313 e. The van der Waals surface area contributed by atoms with Crippen LogP contribution >= 0.6 is 11.6 Å². The molecule has 0 spiro atoms. The molecule has 1 aliphatic heterocycles. The molecule has 2 nitrogen and oxygen atoms in total. The van der Waals surface area contributed by atoms with Crippen LogP contribution in [-0.2, 0) is 0 Å². The normalized spacial score (nSPS) is 21.5. The van der Waals surface area contributed by atoms with Crippen LogP contribution in [0.3, 0.4) is 0 Å². The maximum absolute atomic E-state index is 13.1. The molecule has 0 aromatic heterocycles. The van der Waals surface area contributed by atoms with Gasteiger partial charge >= 0.3 is 0 Å². The molecule has 100 valence electrons. The summed E-state index contributed by atoms with van der Waals surface area (Å²) < 4.78 is 13.1. The molecule has 2 rings (SSSR count). The average Bonchev–Trinajstić information content (AvgIpc) is 2.84. The Labute approximate surface area is 113 Å². The summed E-state index contributed by atoms with van der Waals surface area (Å²) in [5.74, 6) is -0.354. The highest BCUT2D eigenvalue weighted by atomic mass is 35.5. The van der Waals surface area contributed by atoms with E-state index in [4.69, 9.17) is 11.6 Å². The van der Waals surface area contributed by atoms with Crippen LogP contribution in [0.1, 0.15) is 31.4 Å². The molecule has 1 aromatic rings. The van der Waals surface area contributed by atoms with E-state index in [2.05, 4.69) is 24.2 Å². The lowest BCUT2D eigenvalue weighted by atomic mass is 10.1. The van der Waals surface area contributed by atoms with E-state index < -0.39 is 0 Å². The molecule has 1 aliphatic rings. The quantitative estimate of drug-likeness (QED) is 0.904. The second-order valence-electron chi connectivity index (χ2n) is 5.08. The minimum atomic E-state index is -0.354. The van der Waals surface area contributed by atoms with Crippen molar-refractivity contribution in [3.05, 3.63) is 34.6 Å². The molecule has 0 saturated carbocycles. The summed E-state index contributed by atoms with van der Waals surface area (Å²) in [7, 11) is 2.10. The van der Waals surface area contributed by atoms with Crippen molar-refractivity contribution in [2.24, 2.45) is 0 Å². The van der Waals surface area contributed by atoms with E-state index in [1.165, 1.54) is 18.9 Å². The van der Waals surface area contributed by atoms with E-state index >= 15 is 0 Å². The first-order chi connectivity index (χ1) is 8.58. The number of likely N-dealkylation sites (N-methyl/N-ethyl adjacent to an activating group) is 1. The highest BCUT2D eigenvalue weighted by Crippen LogP contribution is 2.24. The summed E-state index contributed by atoms with van der Waals surface area (Å²) in [6.45, 7) is 4.25. The minimum absolute atomic E-state index is 0.201. The van der Waals surface area contributed by atoms with E-state index in [9.17, 15) is 4.39 Å². The van der Waals surface area contributed by atoms with Gasteiger partial charge in [0.05, 0.1) is 5.02 Å². The van der Waals surface area contributed by atoms with E-state index in [1.807, 2.05) is 6.07 Å². The van der Waals surface area contributed by atoms with Crippen LogP contribution in [0.5, 0.6) is 0 Å². The van der Waals surface area contributed by atoms with Crippen molar-refractivity contribution in [1.29, 1.82) is 0 Å². The fourth-order valence-corrected chi connectivity index (χ4v) is 2.63. The van der Waals surface area contributed by atoms with Gasteiger partial charge in [-0.3, -0.25) is 4.90 Å². The van der Waals surface area contributed by atoms with Crippen molar-refractivity contribution < 1.29 is 4.39 Å². The SMILES string of the molecule is CC(c1ccc(F)c(Cl)c1)N(C)CC1CCCN1. The second-order valence-corrected chi connectivity index (χ2v) is 5.49. The van der Waals surface area contributed by atoms with Crippen LogP contribution in [0.4, 0.5) is 4.39 Å². The predicted molar refractivity (Wildman–Crippen MR) is 73.5 cm³/mol. The Morgan fingerprint density at radius 1 is 1.56 bits per heavy atom. The van der Waals surface area contributed by atoms with Crippen LogP contribution in [-0.4, -0.2) is 31.1 Å². The van der Waals surface area contributed by atoms with Gasteiger partial charge in [-0.25, -0.2) is 4.39 Å². The first-order valence-corrected chi connectivity index (χ1v) is 6.84. The summed E-state index contributed by atoms with van der Waals surface area (Å²) in [5.41, 5.74) is 1.06. The Morgan fingerprint density at radius 3 is 2.94 bits per heavy atom. The summed E-state index contributed by atoms with van der Waals surface area (Å²) >= 11 is 5.83. The second kappa shape index (κ2) is 6.00. The maximum Gasteiger partial charge on any atom is 0.141 e. The fourth-order valence-electron chi connectivity index (χ4n) is 2.45. The summed E-state index contributed by atoms with van der Waals surface area (Å²) in [6, 6.07) is 5.79. The number of halogens is 2. The van der Waals surface area contributed by atoms with Crippen molar-refractivity contribution in [3.8, 4) is 0 Å². The van der Waals surface area contributed by atoms with Crippen LogP contribution < -0.4 is 5.32 Å². The van der Waals surface area contributed by atoms with Gasteiger partial charge in [-0.1, -0.05) is 17.7 Å². The van der Waals surface area contributed by atoms with E-state index in [1.54, 1.807) is 6.07 Å². The number of nitrogens with zero attached hydrogens (tertiary/aromatic N) is 1. The Hall–Kier alpha value is -0.640. The molecule has 2 unspecified atom stereocenters. The zero-order valence-electron chi connectivity index (χ0n) is 10.9. The molecule has 1 heterocycles. The molecule has 1 fully saturated rings. The number of hydrogen-bond acceptors (Lipinski definition) is 2. The third-order valence-corrected chi connectivity index (χ3v) is 4.05. The molecule has 0 aliphatic carbocycles. The van der Waals surface area contributed by atoms with Gasteiger partial charge in [0.2, 0.25) is 0 Å². The number of rotatable bonds is 4. The van der Waals surface area contributed by atoms with Crippen LogP contribution in [0.2, 0.25) is 5.02 Å². The molecule has 18 heavy (non-hydrogen) atoms. The summed E-state index contributed by atoms with van der Waals surface area (Å²) in [4.78, 5) is 2.28. The van der Waals surface area contributed by atoms with Crippen molar-refractivity contribution in [2.45, 2.75) is 31.8 Å². The maximum atomic E-state index is 13.1. The average molecular weight is 271 g/mol. The predicted octanol–water partition coefficient (Wildman–Crippen LogP) is 3.22. The highest BCUT2D eigenvalue weighted by molar-refractivity contribution is 6.30. The van der Waals surface area contributed by atoms with Gasteiger partial charge in [0.15, 0.2) is 0 Å². The van der Waals surface area contributed by atoms with Gasteiger partial charge in [-0.05, 0) is 51.1 Å². The first kappa shape index (κ1) is 13.8. The van der Waals surface area contributed by atoms with Gasteiger partial charge in [0.25, 0.3) is 0 Å². The lowest BCUT2D eigenvalue weighted by Crippen LogP contribution is -2.36. The molecule has 0 bridgehead atoms. The minimum Gasteiger partial charge on any atom is -0.313 e. The van der Waals surface area contributed by atoms with E-state index in [-0.39, 0.29) is 16.9 Å². The Balaban J connectivity index is 2.00. The summed E-state index contributed by atoms with van der Waals surface area (Å²) in [5, 5.41) is 3.69. The molecule has 0 amide bonds. The van der Waals surface area contributed by atoms with Crippen molar-refractivity contribution in [1.82, 2.24) is 10.2 Å². The molecule has 0 radical (unpaired) electrons. The van der Waals surface area contributed by atoms with Gasteiger partial charge in [0, 0.05) is 18.6 Å². The third kappa shape index (κ3) is 3.22. The molecule has 4 heteroatoms. The number of hydrogen-bond donors (Lipinski definition) is 1.